The first kappa shape index (κ1) is 16.0. The van der Waals surface area contributed by atoms with Crippen molar-refractivity contribution in [3.63, 3.8) is 0 Å². The van der Waals surface area contributed by atoms with E-state index in [1.54, 1.807) is 0 Å². The molecule has 2 aliphatic heterocycles. The molecule has 4 nitrogen and oxygen atoms in total. The Hall–Kier alpha value is -2.23. The Morgan fingerprint density at radius 2 is 1.96 bits per heavy atom. The van der Waals surface area contributed by atoms with Gasteiger partial charge in [-0.1, -0.05) is 31.5 Å². The Morgan fingerprint density at radius 1 is 1.15 bits per heavy atom. The van der Waals surface area contributed by atoms with Crippen LogP contribution >= 0.6 is 0 Å². The zero-order valence-corrected chi connectivity index (χ0v) is 15.6. The third-order valence-corrected chi connectivity index (χ3v) is 6.39. The van der Waals surface area contributed by atoms with Gasteiger partial charge in [0.05, 0.1) is 6.04 Å². The van der Waals surface area contributed by atoms with Gasteiger partial charge in [0.1, 0.15) is 23.0 Å². The van der Waals surface area contributed by atoms with Crippen LogP contribution in [0.2, 0.25) is 0 Å². The molecular weight excluding hydrogens is 324 g/mol. The number of hydrogen-bond acceptors (Lipinski definition) is 4. The standard InChI is InChI=1S/C22H26N2O2/c1-3-16-10-12-22(13-11-16)24-19(17-6-4-5-7-20(17)26-22)14-18(23-24)21-9-8-15(2)25-21/h4-9,16,19H,3,10-14H2,1-2H3/t16?,19-,22?/m0/s1. The predicted molar refractivity (Wildman–Crippen MR) is 101 cm³/mol. The van der Waals surface area contributed by atoms with E-state index in [9.17, 15) is 0 Å². The van der Waals surface area contributed by atoms with Crippen LogP contribution in [0.25, 0.3) is 0 Å². The molecule has 0 radical (unpaired) electrons. The summed E-state index contributed by atoms with van der Waals surface area (Å²) < 4.78 is 12.5. The second-order valence-electron chi connectivity index (χ2n) is 7.96. The zero-order valence-electron chi connectivity index (χ0n) is 15.6. The summed E-state index contributed by atoms with van der Waals surface area (Å²) in [5, 5.41) is 7.32. The maximum absolute atomic E-state index is 6.64. The van der Waals surface area contributed by atoms with Crippen molar-refractivity contribution in [2.75, 3.05) is 0 Å². The Morgan fingerprint density at radius 3 is 2.69 bits per heavy atom. The van der Waals surface area contributed by atoms with E-state index in [0.29, 0.717) is 0 Å². The van der Waals surface area contributed by atoms with Gasteiger partial charge in [-0.3, -0.25) is 0 Å². The maximum Gasteiger partial charge on any atom is 0.198 e. The van der Waals surface area contributed by atoms with E-state index in [2.05, 4.69) is 36.2 Å². The van der Waals surface area contributed by atoms with Gasteiger partial charge in [0.25, 0.3) is 0 Å². The highest BCUT2D eigenvalue weighted by Crippen LogP contribution is 2.52. The van der Waals surface area contributed by atoms with Gasteiger partial charge < -0.3 is 9.15 Å². The summed E-state index contributed by atoms with van der Waals surface area (Å²) >= 11 is 0. The van der Waals surface area contributed by atoms with Crippen molar-refractivity contribution < 1.29 is 9.15 Å². The molecule has 3 heterocycles. The van der Waals surface area contributed by atoms with Crippen LogP contribution in [0, 0.1) is 12.8 Å². The van der Waals surface area contributed by atoms with E-state index in [0.717, 1.165) is 48.2 Å². The smallest absolute Gasteiger partial charge is 0.198 e. The lowest BCUT2D eigenvalue weighted by atomic mass is 9.80. The first-order valence-corrected chi connectivity index (χ1v) is 9.90. The van der Waals surface area contributed by atoms with Crippen LogP contribution in [0.15, 0.2) is 45.9 Å². The summed E-state index contributed by atoms with van der Waals surface area (Å²) in [6, 6.07) is 12.8. The van der Waals surface area contributed by atoms with Gasteiger partial charge in [-0.25, -0.2) is 5.01 Å². The molecular formula is C22H26N2O2. The number of hydrogen-bond donors (Lipinski definition) is 0. The highest BCUT2D eigenvalue weighted by atomic mass is 16.5. The molecule has 0 amide bonds. The number of aryl methyl sites for hydroxylation is 1. The van der Waals surface area contributed by atoms with Crippen LogP contribution in [-0.4, -0.2) is 16.4 Å². The monoisotopic (exact) mass is 350 g/mol. The highest BCUT2D eigenvalue weighted by molar-refractivity contribution is 5.99. The van der Waals surface area contributed by atoms with Crippen molar-refractivity contribution in [1.82, 2.24) is 5.01 Å². The molecule has 1 aliphatic carbocycles. The van der Waals surface area contributed by atoms with Gasteiger partial charge in [0, 0.05) is 24.8 Å². The van der Waals surface area contributed by atoms with Crippen LogP contribution in [0.5, 0.6) is 5.75 Å². The van der Waals surface area contributed by atoms with Crippen molar-refractivity contribution in [2.45, 2.75) is 64.1 Å². The molecule has 1 saturated carbocycles. The Balaban J connectivity index is 1.55. The normalized spacial score (nSPS) is 29.9. The second kappa shape index (κ2) is 5.90. The molecule has 5 rings (SSSR count). The summed E-state index contributed by atoms with van der Waals surface area (Å²) in [5.41, 5.74) is 1.99. The van der Waals surface area contributed by atoms with Gasteiger partial charge in [0.15, 0.2) is 5.72 Å². The average molecular weight is 350 g/mol. The van der Waals surface area contributed by atoms with Gasteiger partial charge in [0.2, 0.25) is 0 Å². The predicted octanol–water partition coefficient (Wildman–Crippen LogP) is 5.43. The van der Waals surface area contributed by atoms with Crippen LogP contribution < -0.4 is 4.74 Å². The molecule has 0 saturated heterocycles. The molecule has 1 fully saturated rings. The van der Waals surface area contributed by atoms with Crippen molar-refractivity contribution >= 4 is 5.71 Å². The zero-order chi connectivity index (χ0) is 17.7. The largest absolute Gasteiger partial charge is 0.466 e. The van der Waals surface area contributed by atoms with Crippen LogP contribution in [0.4, 0.5) is 0 Å². The molecule has 1 atom stereocenters. The highest BCUT2D eigenvalue weighted by Gasteiger charge is 2.51. The first-order valence-electron chi connectivity index (χ1n) is 9.90. The lowest BCUT2D eigenvalue weighted by Crippen LogP contribution is -2.55. The molecule has 1 aromatic carbocycles. The summed E-state index contributed by atoms with van der Waals surface area (Å²) in [4.78, 5) is 0. The van der Waals surface area contributed by atoms with Crippen molar-refractivity contribution in [2.24, 2.45) is 11.0 Å². The van der Waals surface area contributed by atoms with E-state index in [1.165, 1.54) is 24.8 Å². The second-order valence-corrected chi connectivity index (χ2v) is 7.96. The molecule has 2 aromatic rings. The van der Waals surface area contributed by atoms with Crippen LogP contribution in [-0.2, 0) is 0 Å². The van der Waals surface area contributed by atoms with Gasteiger partial charge >= 0.3 is 0 Å². The third kappa shape index (κ3) is 2.38. The number of fused-ring (bicyclic) bond motifs is 4. The molecule has 0 unspecified atom stereocenters. The molecule has 4 heteroatoms. The fourth-order valence-corrected chi connectivity index (χ4v) is 4.83. The SMILES string of the molecule is CCC1CCC2(CC1)Oc1ccccc1[C@@H]1CC(c3ccc(C)o3)=NN12. The van der Waals surface area contributed by atoms with E-state index in [-0.39, 0.29) is 11.8 Å². The van der Waals surface area contributed by atoms with Crippen LogP contribution in [0.1, 0.15) is 68.6 Å². The number of rotatable bonds is 2. The minimum Gasteiger partial charge on any atom is -0.466 e. The Kier molecular flexibility index (Phi) is 3.63. The number of ether oxygens (including phenoxy) is 1. The topological polar surface area (TPSA) is 38.0 Å². The van der Waals surface area contributed by atoms with Gasteiger partial charge in [-0.15, -0.1) is 0 Å². The Labute approximate surface area is 154 Å². The van der Waals surface area contributed by atoms with E-state index < -0.39 is 0 Å². The first-order chi connectivity index (χ1) is 12.7. The minimum absolute atomic E-state index is 0.249. The molecule has 136 valence electrons. The number of para-hydroxylation sites is 1. The molecule has 3 aliphatic rings. The lowest BCUT2D eigenvalue weighted by molar-refractivity contribution is -0.146. The maximum atomic E-state index is 6.64. The van der Waals surface area contributed by atoms with E-state index >= 15 is 0 Å². The van der Waals surface area contributed by atoms with Gasteiger partial charge in [-0.2, -0.15) is 5.10 Å². The van der Waals surface area contributed by atoms with Crippen molar-refractivity contribution in [1.29, 1.82) is 0 Å². The molecule has 1 spiro atoms. The fourth-order valence-electron chi connectivity index (χ4n) is 4.83. The molecule has 26 heavy (non-hydrogen) atoms. The molecule has 1 aromatic heterocycles. The molecule has 0 N–H and O–H groups in total. The summed E-state index contributed by atoms with van der Waals surface area (Å²) in [5.74, 6) is 3.68. The number of benzene rings is 1. The Bertz CT molecular complexity index is 845. The quantitative estimate of drug-likeness (QED) is 0.725. The molecule has 0 bridgehead atoms. The third-order valence-electron chi connectivity index (χ3n) is 6.39. The van der Waals surface area contributed by atoms with Crippen molar-refractivity contribution in [3.8, 4) is 5.75 Å². The lowest BCUT2D eigenvalue weighted by Gasteiger charge is -2.50. The number of hydrazone groups is 1. The number of nitrogens with zero attached hydrogens (tertiary/aromatic N) is 2. The van der Waals surface area contributed by atoms with Crippen molar-refractivity contribution in [3.05, 3.63) is 53.5 Å². The summed E-state index contributed by atoms with van der Waals surface area (Å²) in [7, 11) is 0. The fraction of sp³-hybridized carbons (Fsp3) is 0.500. The summed E-state index contributed by atoms with van der Waals surface area (Å²) in [6.07, 6.45) is 6.66. The summed E-state index contributed by atoms with van der Waals surface area (Å²) in [6.45, 7) is 4.28. The number of furan rings is 1. The van der Waals surface area contributed by atoms with E-state index in [1.807, 2.05) is 19.1 Å². The van der Waals surface area contributed by atoms with Gasteiger partial charge in [-0.05, 0) is 43.9 Å². The van der Waals surface area contributed by atoms with Crippen LogP contribution in [0.3, 0.4) is 0 Å². The average Bonchev–Trinajstić information content (AvgIpc) is 3.30. The van der Waals surface area contributed by atoms with E-state index in [4.69, 9.17) is 14.3 Å². The minimum atomic E-state index is -0.298.